The van der Waals surface area contributed by atoms with Crippen LogP contribution in [0.1, 0.15) is 16.7 Å². The Morgan fingerprint density at radius 3 is 2.43 bits per heavy atom. The number of hydrogen-bond donors (Lipinski definition) is 0. The minimum Gasteiger partial charge on any atom is -0.487 e. The Bertz CT molecular complexity index is 1270. The molecule has 0 fully saturated rings. The zero-order chi connectivity index (χ0) is 20.9. The lowest BCUT2D eigenvalue weighted by atomic mass is 10.0. The Balaban J connectivity index is 1.54. The van der Waals surface area contributed by atoms with Crippen LogP contribution in [0.3, 0.4) is 0 Å². The van der Waals surface area contributed by atoms with Crippen molar-refractivity contribution in [3.63, 3.8) is 0 Å². The number of ether oxygens (including phenoxy) is 1. The number of halogens is 2. The summed E-state index contributed by atoms with van der Waals surface area (Å²) in [6.07, 6.45) is 1.80. The third-order valence-corrected chi connectivity index (χ3v) is 5.35. The van der Waals surface area contributed by atoms with Crippen LogP contribution in [0.4, 0.5) is 0 Å². The Labute approximate surface area is 185 Å². The summed E-state index contributed by atoms with van der Waals surface area (Å²) < 4.78 is 5.98. The maximum Gasteiger partial charge on any atom is 0.138 e. The van der Waals surface area contributed by atoms with E-state index in [1.807, 2.05) is 42.5 Å². The van der Waals surface area contributed by atoms with E-state index in [0.717, 1.165) is 22.1 Å². The lowest BCUT2D eigenvalue weighted by molar-refractivity contribution is 0.308. The molecular weight excluding hydrogens is 413 g/mol. The zero-order valence-corrected chi connectivity index (χ0v) is 17.5. The summed E-state index contributed by atoms with van der Waals surface area (Å²) in [6, 6.07) is 29.3. The second-order valence-corrected chi connectivity index (χ2v) is 7.64. The van der Waals surface area contributed by atoms with Crippen LogP contribution in [-0.2, 0) is 6.61 Å². The first-order valence-electron chi connectivity index (χ1n) is 9.41. The number of hydrogen-bond acceptors (Lipinski definition) is 2. The van der Waals surface area contributed by atoms with Crippen LogP contribution in [0.2, 0.25) is 10.0 Å². The van der Waals surface area contributed by atoms with E-state index in [1.54, 1.807) is 24.3 Å². The zero-order valence-electron chi connectivity index (χ0n) is 16.0. The molecule has 0 saturated carbocycles. The fourth-order valence-corrected chi connectivity index (χ4v) is 3.64. The molecule has 0 atom stereocenters. The third kappa shape index (κ3) is 4.49. The van der Waals surface area contributed by atoms with Gasteiger partial charge in [-0.05, 0) is 57.8 Å². The molecule has 0 aliphatic heterocycles. The van der Waals surface area contributed by atoms with Gasteiger partial charge in [-0.2, -0.15) is 5.26 Å². The number of nitrogens with zero attached hydrogens (tertiary/aromatic N) is 1. The third-order valence-electron chi connectivity index (χ3n) is 4.81. The van der Waals surface area contributed by atoms with E-state index >= 15 is 0 Å². The highest BCUT2D eigenvalue weighted by atomic mass is 35.5. The van der Waals surface area contributed by atoms with Crippen molar-refractivity contribution < 1.29 is 4.74 Å². The van der Waals surface area contributed by atoms with Crippen LogP contribution in [-0.4, -0.2) is 0 Å². The molecule has 0 bridgehead atoms. The van der Waals surface area contributed by atoms with Crippen LogP contribution < -0.4 is 4.74 Å². The SMILES string of the molecule is N#C/C(=C\c1ccc(OCc2cccc3ccccc23)c(Cl)c1)c1ccc(Cl)cc1. The van der Waals surface area contributed by atoms with Crippen molar-refractivity contribution in [3.8, 4) is 11.8 Å². The van der Waals surface area contributed by atoms with Gasteiger partial charge >= 0.3 is 0 Å². The average molecular weight is 430 g/mol. The molecule has 146 valence electrons. The van der Waals surface area contributed by atoms with Crippen LogP contribution >= 0.6 is 23.2 Å². The lowest BCUT2D eigenvalue weighted by Crippen LogP contribution is -1.97. The number of nitriles is 1. The molecule has 30 heavy (non-hydrogen) atoms. The molecule has 4 aromatic carbocycles. The van der Waals surface area contributed by atoms with Crippen LogP contribution in [0.25, 0.3) is 22.4 Å². The number of rotatable bonds is 5. The molecule has 0 unspecified atom stereocenters. The van der Waals surface area contributed by atoms with Crippen molar-refractivity contribution in [1.29, 1.82) is 5.26 Å². The quantitative estimate of drug-likeness (QED) is 0.239. The van der Waals surface area contributed by atoms with Gasteiger partial charge in [0, 0.05) is 5.02 Å². The summed E-state index contributed by atoms with van der Waals surface area (Å²) >= 11 is 12.4. The van der Waals surface area contributed by atoms with E-state index in [9.17, 15) is 5.26 Å². The molecule has 0 amide bonds. The Hall–Kier alpha value is -3.25. The van der Waals surface area contributed by atoms with E-state index in [-0.39, 0.29) is 0 Å². The average Bonchev–Trinajstić information content (AvgIpc) is 2.77. The molecule has 0 radical (unpaired) electrons. The minimum atomic E-state index is 0.421. The predicted octanol–water partition coefficient (Wildman–Crippen LogP) is 7.79. The van der Waals surface area contributed by atoms with Gasteiger partial charge < -0.3 is 4.74 Å². The van der Waals surface area contributed by atoms with Gasteiger partial charge in [-0.1, -0.05) is 83.9 Å². The minimum absolute atomic E-state index is 0.421. The standard InChI is InChI=1S/C26H17Cl2NO/c27-23-11-9-19(10-12-23)22(16-29)14-18-8-13-26(25(28)15-18)30-17-21-6-3-5-20-4-1-2-7-24(20)21/h1-15H,17H2/b22-14+. The maximum absolute atomic E-state index is 9.52. The molecule has 0 saturated heterocycles. The van der Waals surface area contributed by atoms with E-state index < -0.39 is 0 Å². The van der Waals surface area contributed by atoms with Gasteiger partial charge in [0.2, 0.25) is 0 Å². The summed E-state index contributed by atoms with van der Waals surface area (Å²) in [5.41, 5.74) is 3.26. The topological polar surface area (TPSA) is 33.0 Å². The summed E-state index contributed by atoms with van der Waals surface area (Å²) in [6.45, 7) is 0.421. The smallest absolute Gasteiger partial charge is 0.138 e. The summed E-state index contributed by atoms with van der Waals surface area (Å²) in [5.74, 6) is 0.603. The Morgan fingerprint density at radius 2 is 1.67 bits per heavy atom. The van der Waals surface area contributed by atoms with Crippen molar-refractivity contribution >= 4 is 45.6 Å². The molecule has 0 N–H and O–H groups in total. The fraction of sp³-hybridized carbons (Fsp3) is 0.0385. The molecule has 0 aromatic heterocycles. The number of fused-ring (bicyclic) bond motifs is 1. The van der Waals surface area contributed by atoms with E-state index in [1.165, 1.54) is 5.39 Å². The van der Waals surface area contributed by atoms with Gasteiger partial charge in [-0.3, -0.25) is 0 Å². The second-order valence-electron chi connectivity index (χ2n) is 6.79. The molecule has 4 rings (SSSR count). The number of benzene rings is 4. The fourth-order valence-electron chi connectivity index (χ4n) is 3.27. The molecule has 0 aliphatic carbocycles. The first-order valence-corrected chi connectivity index (χ1v) is 10.2. The Kier molecular flexibility index (Phi) is 6.05. The van der Waals surface area contributed by atoms with Crippen molar-refractivity contribution in [3.05, 3.63) is 112 Å². The molecule has 0 spiro atoms. The first kappa shape index (κ1) is 20.0. The van der Waals surface area contributed by atoms with Gasteiger partial charge in [0.15, 0.2) is 0 Å². The van der Waals surface area contributed by atoms with E-state index in [4.69, 9.17) is 27.9 Å². The number of allylic oxidation sites excluding steroid dienone is 1. The highest BCUT2D eigenvalue weighted by molar-refractivity contribution is 6.32. The van der Waals surface area contributed by atoms with Gasteiger partial charge in [0.05, 0.1) is 16.7 Å². The lowest BCUT2D eigenvalue weighted by Gasteiger charge is -2.11. The molecule has 4 heteroatoms. The van der Waals surface area contributed by atoms with Gasteiger partial charge in [0.1, 0.15) is 12.4 Å². The van der Waals surface area contributed by atoms with Crippen molar-refractivity contribution in [1.82, 2.24) is 0 Å². The summed E-state index contributed by atoms with van der Waals surface area (Å²) in [5, 5.41) is 13.0. The van der Waals surface area contributed by atoms with E-state index in [2.05, 4.69) is 30.3 Å². The van der Waals surface area contributed by atoms with Crippen molar-refractivity contribution in [2.24, 2.45) is 0 Å². The maximum atomic E-state index is 9.52. The van der Waals surface area contributed by atoms with Gasteiger partial charge in [-0.25, -0.2) is 0 Å². The highest BCUT2D eigenvalue weighted by Crippen LogP contribution is 2.29. The molecular formula is C26H17Cl2NO. The molecule has 0 heterocycles. The van der Waals surface area contributed by atoms with Gasteiger partial charge in [-0.15, -0.1) is 0 Å². The first-order chi connectivity index (χ1) is 14.6. The molecule has 0 aliphatic rings. The monoisotopic (exact) mass is 429 g/mol. The largest absolute Gasteiger partial charge is 0.487 e. The summed E-state index contributed by atoms with van der Waals surface area (Å²) in [7, 11) is 0. The normalized spacial score (nSPS) is 11.3. The highest BCUT2D eigenvalue weighted by Gasteiger charge is 2.07. The Morgan fingerprint density at radius 1 is 0.900 bits per heavy atom. The van der Waals surface area contributed by atoms with Gasteiger partial charge in [0.25, 0.3) is 0 Å². The predicted molar refractivity (Wildman–Crippen MR) is 125 cm³/mol. The molecule has 4 aromatic rings. The van der Waals surface area contributed by atoms with Crippen molar-refractivity contribution in [2.45, 2.75) is 6.61 Å². The van der Waals surface area contributed by atoms with Crippen molar-refractivity contribution in [2.75, 3.05) is 0 Å². The summed E-state index contributed by atoms with van der Waals surface area (Å²) in [4.78, 5) is 0. The van der Waals surface area contributed by atoms with Crippen LogP contribution in [0, 0.1) is 11.3 Å². The second kappa shape index (κ2) is 9.05. The van der Waals surface area contributed by atoms with Crippen LogP contribution in [0.15, 0.2) is 84.9 Å². The molecule has 2 nitrogen and oxygen atoms in total. The van der Waals surface area contributed by atoms with E-state index in [0.29, 0.717) is 28.0 Å². The van der Waals surface area contributed by atoms with Crippen LogP contribution in [0.5, 0.6) is 5.75 Å².